The number of aromatic nitrogens is 2. The maximum Gasteiger partial charge on any atom is 0.170 e. The molecule has 3 rings (SSSR count). The number of benzene rings is 1. The summed E-state index contributed by atoms with van der Waals surface area (Å²) < 4.78 is 15.4. The van der Waals surface area contributed by atoms with Crippen LogP contribution in [-0.4, -0.2) is 15.7 Å². The van der Waals surface area contributed by atoms with Crippen LogP contribution in [0.3, 0.4) is 0 Å². The lowest BCUT2D eigenvalue weighted by molar-refractivity contribution is 0.111. The van der Waals surface area contributed by atoms with Gasteiger partial charge in [0.15, 0.2) is 6.29 Å². The molecule has 2 heterocycles. The Morgan fingerprint density at radius 1 is 1.11 bits per heavy atom. The minimum atomic E-state index is -0.271. The zero-order valence-electron chi connectivity index (χ0n) is 9.38. The van der Waals surface area contributed by atoms with E-state index in [9.17, 15) is 9.18 Å². The van der Waals surface area contributed by atoms with Crippen molar-refractivity contribution < 1.29 is 9.18 Å². The smallest absolute Gasteiger partial charge is 0.170 e. The molecule has 0 saturated carbocycles. The quantitative estimate of drug-likeness (QED) is 0.645. The van der Waals surface area contributed by atoms with E-state index in [-0.39, 0.29) is 5.82 Å². The molecule has 0 aliphatic carbocycles. The molecule has 0 unspecified atom stereocenters. The third-order valence-corrected chi connectivity index (χ3v) is 2.78. The van der Waals surface area contributed by atoms with Crippen molar-refractivity contribution in [3.05, 3.63) is 60.3 Å². The Labute approximate surface area is 103 Å². The fourth-order valence-corrected chi connectivity index (χ4v) is 1.92. The van der Waals surface area contributed by atoms with Crippen LogP contribution in [0.15, 0.2) is 48.8 Å². The van der Waals surface area contributed by atoms with Crippen molar-refractivity contribution in [3.63, 3.8) is 0 Å². The molecule has 0 saturated heterocycles. The number of carbonyl (C=O) groups is 1. The van der Waals surface area contributed by atoms with E-state index in [1.807, 2.05) is 0 Å². The van der Waals surface area contributed by atoms with Gasteiger partial charge >= 0.3 is 0 Å². The fraction of sp³-hybridized carbons (Fsp3) is 0. The van der Waals surface area contributed by atoms with Gasteiger partial charge in [0.05, 0.1) is 0 Å². The Bertz CT molecular complexity index is 733. The van der Waals surface area contributed by atoms with Crippen LogP contribution in [0.25, 0.3) is 16.8 Å². The number of hydrogen-bond acceptors (Lipinski definition) is 2. The first-order valence-electron chi connectivity index (χ1n) is 5.47. The van der Waals surface area contributed by atoms with Crippen LogP contribution in [0.2, 0.25) is 0 Å². The second kappa shape index (κ2) is 4.07. The van der Waals surface area contributed by atoms with Crippen LogP contribution < -0.4 is 0 Å². The number of imidazole rings is 1. The highest BCUT2D eigenvalue weighted by Gasteiger charge is 2.06. The van der Waals surface area contributed by atoms with Gasteiger partial charge in [0, 0.05) is 23.5 Å². The molecule has 4 heteroatoms. The number of rotatable bonds is 2. The van der Waals surface area contributed by atoms with Crippen molar-refractivity contribution in [3.8, 4) is 11.1 Å². The molecule has 0 atom stereocenters. The minimum Gasteiger partial charge on any atom is -0.306 e. The molecular weight excluding hydrogens is 231 g/mol. The van der Waals surface area contributed by atoms with Crippen molar-refractivity contribution in [2.45, 2.75) is 0 Å². The van der Waals surface area contributed by atoms with E-state index in [0.29, 0.717) is 23.2 Å². The van der Waals surface area contributed by atoms with Crippen molar-refractivity contribution in [2.75, 3.05) is 0 Å². The van der Waals surface area contributed by atoms with Crippen LogP contribution in [-0.2, 0) is 0 Å². The third kappa shape index (κ3) is 1.68. The third-order valence-electron chi connectivity index (χ3n) is 2.78. The van der Waals surface area contributed by atoms with Crippen molar-refractivity contribution in [1.29, 1.82) is 0 Å². The van der Waals surface area contributed by atoms with E-state index in [4.69, 9.17) is 0 Å². The van der Waals surface area contributed by atoms with Crippen LogP contribution in [0.1, 0.15) is 10.5 Å². The van der Waals surface area contributed by atoms with Crippen molar-refractivity contribution in [2.24, 2.45) is 0 Å². The summed E-state index contributed by atoms with van der Waals surface area (Å²) in [5.74, 6) is -0.271. The van der Waals surface area contributed by atoms with Gasteiger partial charge in [-0.3, -0.25) is 4.79 Å². The van der Waals surface area contributed by atoms with Gasteiger partial charge in [0.2, 0.25) is 0 Å². The molecule has 3 nitrogen and oxygen atoms in total. The highest BCUT2D eigenvalue weighted by molar-refractivity contribution is 5.74. The summed E-state index contributed by atoms with van der Waals surface area (Å²) in [5, 5.41) is 0. The number of aldehydes is 1. The first kappa shape index (κ1) is 10.7. The van der Waals surface area contributed by atoms with E-state index >= 15 is 0 Å². The van der Waals surface area contributed by atoms with Gasteiger partial charge in [0.1, 0.15) is 17.2 Å². The predicted molar refractivity (Wildman–Crippen MR) is 66.0 cm³/mol. The molecule has 0 spiro atoms. The summed E-state index contributed by atoms with van der Waals surface area (Å²) in [6.45, 7) is 0. The zero-order valence-corrected chi connectivity index (χ0v) is 9.38. The summed E-state index contributed by atoms with van der Waals surface area (Å²) in [4.78, 5) is 14.7. The second-order valence-corrected chi connectivity index (χ2v) is 3.95. The molecule has 2 aromatic heterocycles. The Hall–Kier alpha value is -2.49. The lowest BCUT2D eigenvalue weighted by atomic mass is 10.1. The summed E-state index contributed by atoms with van der Waals surface area (Å²) in [7, 11) is 0. The van der Waals surface area contributed by atoms with Gasteiger partial charge in [0.25, 0.3) is 0 Å². The lowest BCUT2D eigenvalue weighted by Crippen LogP contribution is -1.88. The van der Waals surface area contributed by atoms with Gasteiger partial charge in [-0.2, -0.15) is 0 Å². The second-order valence-electron chi connectivity index (χ2n) is 3.95. The molecule has 0 aliphatic heterocycles. The summed E-state index contributed by atoms with van der Waals surface area (Å²) in [5.41, 5.74) is 2.30. The number of nitrogens with zero attached hydrogens (tertiary/aromatic N) is 2. The monoisotopic (exact) mass is 240 g/mol. The Kier molecular flexibility index (Phi) is 2.41. The van der Waals surface area contributed by atoms with Crippen molar-refractivity contribution >= 4 is 11.9 Å². The van der Waals surface area contributed by atoms with E-state index in [2.05, 4.69) is 4.98 Å². The molecule has 88 valence electrons. The van der Waals surface area contributed by atoms with Crippen LogP contribution in [0, 0.1) is 5.82 Å². The molecule has 18 heavy (non-hydrogen) atoms. The van der Waals surface area contributed by atoms with E-state index < -0.39 is 0 Å². The topological polar surface area (TPSA) is 34.4 Å². The minimum absolute atomic E-state index is 0.271. The highest BCUT2D eigenvalue weighted by atomic mass is 19.1. The van der Waals surface area contributed by atoms with Crippen LogP contribution in [0.5, 0.6) is 0 Å². The maximum absolute atomic E-state index is 13.7. The molecule has 0 N–H and O–H groups in total. The zero-order chi connectivity index (χ0) is 12.5. The molecule has 1 aromatic carbocycles. The van der Waals surface area contributed by atoms with E-state index in [0.717, 1.165) is 5.56 Å². The molecule has 0 fully saturated rings. The van der Waals surface area contributed by atoms with Gasteiger partial charge < -0.3 is 4.40 Å². The van der Waals surface area contributed by atoms with Gasteiger partial charge in [-0.05, 0) is 18.2 Å². The molecule has 0 aliphatic rings. The summed E-state index contributed by atoms with van der Waals surface area (Å²) >= 11 is 0. The SMILES string of the molecule is O=Cc1cn2cc(-c3ccccc3F)ccc2n1. The molecular formula is C14H9FN2O. The van der Waals surface area contributed by atoms with E-state index in [1.54, 1.807) is 47.1 Å². The maximum atomic E-state index is 13.7. The predicted octanol–water partition coefficient (Wildman–Crippen LogP) is 2.95. The van der Waals surface area contributed by atoms with Gasteiger partial charge in [-0.15, -0.1) is 0 Å². The van der Waals surface area contributed by atoms with Crippen molar-refractivity contribution in [1.82, 2.24) is 9.38 Å². The highest BCUT2D eigenvalue weighted by Crippen LogP contribution is 2.22. The van der Waals surface area contributed by atoms with E-state index in [1.165, 1.54) is 6.07 Å². The summed E-state index contributed by atoms with van der Waals surface area (Å²) in [6.07, 6.45) is 4.07. The fourth-order valence-electron chi connectivity index (χ4n) is 1.92. The number of hydrogen-bond donors (Lipinski definition) is 0. The van der Waals surface area contributed by atoms with Crippen LogP contribution in [0.4, 0.5) is 4.39 Å². The Balaban J connectivity index is 2.19. The number of halogens is 1. The molecule has 0 bridgehead atoms. The lowest BCUT2D eigenvalue weighted by Gasteiger charge is -2.03. The molecule has 0 radical (unpaired) electrons. The first-order valence-corrected chi connectivity index (χ1v) is 5.47. The van der Waals surface area contributed by atoms with Gasteiger partial charge in [-0.25, -0.2) is 9.37 Å². The number of fused-ring (bicyclic) bond motifs is 1. The first-order chi connectivity index (χ1) is 8.78. The molecule has 3 aromatic rings. The summed E-state index contributed by atoms with van der Waals surface area (Å²) in [6, 6.07) is 10.1. The Morgan fingerprint density at radius 3 is 2.72 bits per heavy atom. The number of pyridine rings is 1. The van der Waals surface area contributed by atoms with Crippen LogP contribution >= 0.6 is 0 Å². The normalized spacial score (nSPS) is 10.7. The standard InChI is InChI=1S/C14H9FN2O/c15-13-4-2-1-3-12(13)10-5-6-14-16-11(9-18)8-17(14)7-10/h1-9H. The number of carbonyl (C=O) groups excluding carboxylic acids is 1. The largest absolute Gasteiger partial charge is 0.306 e. The Morgan fingerprint density at radius 2 is 1.94 bits per heavy atom. The van der Waals surface area contributed by atoms with Gasteiger partial charge in [-0.1, -0.05) is 18.2 Å². The average molecular weight is 240 g/mol. The average Bonchev–Trinajstić information content (AvgIpc) is 2.81. The molecule has 0 amide bonds.